The Kier molecular flexibility index (Phi) is 7.07. The Morgan fingerprint density at radius 2 is 2.06 bits per heavy atom. The van der Waals surface area contributed by atoms with Crippen LogP contribution in [-0.2, 0) is 4.79 Å². The van der Waals surface area contributed by atoms with Gasteiger partial charge in [-0.25, -0.2) is 4.98 Å². The lowest BCUT2D eigenvalue weighted by atomic mass is 9.85. The first-order chi connectivity index (χ1) is 16.4. The van der Waals surface area contributed by atoms with Crippen LogP contribution < -0.4 is 16.6 Å². The van der Waals surface area contributed by atoms with E-state index in [0.29, 0.717) is 29.8 Å². The van der Waals surface area contributed by atoms with Gasteiger partial charge in [-0.3, -0.25) is 15.0 Å². The Balaban J connectivity index is 1.86. The molecule has 1 aliphatic heterocycles. The fraction of sp³-hybridized carbons (Fsp3) is 0.385. The number of hydrogen-bond donors (Lipinski definition) is 4. The maximum Gasteiger partial charge on any atom is 0.320 e. The van der Waals surface area contributed by atoms with Gasteiger partial charge in [-0.2, -0.15) is 0 Å². The van der Waals surface area contributed by atoms with E-state index >= 15 is 0 Å². The second-order valence-electron chi connectivity index (χ2n) is 8.96. The van der Waals surface area contributed by atoms with Crippen molar-refractivity contribution in [2.75, 3.05) is 6.54 Å². The smallest absolute Gasteiger partial charge is 0.320 e. The zero-order chi connectivity index (χ0) is 24.2. The van der Waals surface area contributed by atoms with Crippen molar-refractivity contribution in [1.82, 2.24) is 14.9 Å². The first-order valence-corrected chi connectivity index (χ1v) is 11.8. The Morgan fingerprint density at radius 1 is 1.26 bits per heavy atom. The average molecular weight is 462 g/mol. The zero-order valence-corrected chi connectivity index (χ0v) is 19.3. The standard InChI is InChI=1S/C26H31N5O3/c1-2-3-10-21(18-12-13-20(26(33)34)29-15-18)31-22-11-5-4-9-19(22)30-23(25(31)32)16-7-6-8-17(14-16)24(27)28/h4-9,11,14,18,20-21,29H,2-3,10,12-13,15H2,1H3,(H3,27,28)(H,33,34). The number of nitrogens with zero attached hydrogens (tertiary/aromatic N) is 2. The molecule has 0 spiro atoms. The molecule has 0 amide bonds. The highest BCUT2D eigenvalue weighted by Gasteiger charge is 2.32. The molecule has 0 radical (unpaired) electrons. The molecule has 3 unspecified atom stereocenters. The summed E-state index contributed by atoms with van der Waals surface area (Å²) in [5.74, 6) is -0.769. The molecule has 8 heteroatoms. The molecule has 5 N–H and O–H groups in total. The molecule has 0 saturated carbocycles. The Hall–Kier alpha value is -3.52. The van der Waals surface area contributed by atoms with E-state index in [4.69, 9.17) is 16.1 Å². The summed E-state index contributed by atoms with van der Waals surface area (Å²) in [7, 11) is 0. The van der Waals surface area contributed by atoms with Gasteiger partial charge in [0.15, 0.2) is 0 Å². The highest BCUT2D eigenvalue weighted by Crippen LogP contribution is 2.32. The van der Waals surface area contributed by atoms with Crippen LogP contribution in [0.15, 0.2) is 53.3 Å². The van der Waals surface area contributed by atoms with Crippen molar-refractivity contribution in [2.24, 2.45) is 11.7 Å². The molecule has 8 nitrogen and oxygen atoms in total. The average Bonchev–Trinajstić information content (AvgIpc) is 2.85. The molecule has 1 saturated heterocycles. The van der Waals surface area contributed by atoms with Gasteiger partial charge < -0.3 is 20.7 Å². The van der Waals surface area contributed by atoms with E-state index in [1.807, 2.05) is 34.9 Å². The van der Waals surface area contributed by atoms with Crippen LogP contribution in [0.25, 0.3) is 22.3 Å². The summed E-state index contributed by atoms with van der Waals surface area (Å²) in [6.45, 7) is 2.67. The highest BCUT2D eigenvalue weighted by molar-refractivity contribution is 5.96. The number of nitrogens with two attached hydrogens (primary N) is 1. The number of aliphatic carboxylic acids is 1. The van der Waals surface area contributed by atoms with Gasteiger partial charge in [0.2, 0.25) is 0 Å². The number of hydrogen-bond acceptors (Lipinski definition) is 5. The molecule has 3 aromatic rings. The number of piperidine rings is 1. The van der Waals surface area contributed by atoms with Crippen molar-refractivity contribution in [3.63, 3.8) is 0 Å². The Labute approximate surface area is 198 Å². The van der Waals surface area contributed by atoms with Gasteiger partial charge in [-0.1, -0.05) is 50.1 Å². The number of benzene rings is 2. The summed E-state index contributed by atoms with van der Waals surface area (Å²) < 4.78 is 1.88. The SMILES string of the molecule is CCCCC(C1CCC(C(=O)O)NC1)n1c(=O)c(-c2cccc(C(=N)N)c2)nc2ccccc21. The number of carboxylic acids is 1. The first-order valence-electron chi connectivity index (χ1n) is 11.8. The molecule has 4 rings (SSSR count). The van der Waals surface area contributed by atoms with Crippen LogP contribution in [-0.4, -0.2) is 39.0 Å². The van der Waals surface area contributed by atoms with Gasteiger partial charge in [0.05, 0.1) is 11.0 Å². The van der Waals surface area contributed by atoms with E-state index in [-0.39, 0.29) is 23.4 Å². The lowest BCUT2D eigenvalue weighted by Gasteiger charge is -2.35. The summed E-state index contributed by atoms with van der Waals surface area (Å²) in [6.07, 6.45) is 4.05. The summed E-state index contributed by atoms with van der Waals surface area (Å²) >= 11 is 0. The predicted octanol–water partition coefficient (Wildman–Crippen LogP) is 3.53. The predicted molar refractivity (Wildman–Crippen MR) is 133 cm³/mol. The minimum absolute atomic E-state index is 0.0648. The lowest BCUT2D eigenvalue weighted by molar-refractivity contribution is -0.140. The van der Waals surface area contributed by atoms with E-state index in [2.05, 4.69) is 12.2 Å². The largest absolute Gasteiger partial charge is 0.480 e. The molecular formula is C26H31N5O3. The van der Waals surface area contributed by atoms with Crippen LogP contribution in [0.2, 0.25) is 0 Å². The quantitative estimate of drug-likeness (QED) is 0.299. The van der Waals surface area contributed by atoms with Crippen molar-refractivity contribution in [2.45, 2.75) is 51.1 Å². The third kappa shape index (κ3) is 4.72. The van der Waals surface area contributed by atoms with Crippen LogP contribution in [0.4, 0.5) is 0 Å². The van der Waals surface area contributed by atoms with Crippen LogP contribution in [0.1, 0.15) is 50.6 Å². The molecule has 34 heavy (non-hydrogen) atoms. The first kappa shape index (κ1) is 23.6. The number of fused-ring (bicyclic) bond motifs is 1. The number of rotatable bonds is 8. The number of nitrogens with one attached hydrogen (secondary N) is 2. The minimum atomic E-state index is -0.831. The topological polar surface area (TPSA) is 134 Å². The van der Waals surface area contributed by atoms with E-state index in [9.17, 15) is 14.7 Å². The third-order valence-electron chi connectivity index (χ3n) is 6.72. The number of nitrogen functional groups attached to an aromatic ring is 1. The molecule has 0 aliphatic carbocycles. The van der Waals surface area contributed by atoms with Gasteiger partial charge in [-0.15, -0.1) is 0 Å². The van der Waals surface area contributed by atoms with Crippen LogP contribution >= 0.6 is 0 Å². The number of amidine groups is 1. The maximum absolute atomic E-state index is 14.0. The van der Waals surface area contributed by atoms with Crippen molar-refractivity contribution < 1.29 is 9.90 Å². The van der Waals surface area contributed by atoms with Gasteiger partial charge in [0.25, 0.3) is 5.56 Å². The second-order valence-corrected chi connectivity index (χ2v) is 8.96. The summed E-state index contributed by atoms with van der Waals surface area (Å²) in [5.41, 5.74) is 8.50. The third-order valence-corrected chi connectivity index (χ3v) is 6.72. The Bertz CT molecular complexity index is 1260. The van der Waals surface area contributed by atoms with Crippen molar-refractivity contribution in [3.8, 4) is 11.3 Å². The lowest BCUT2D eigenvalue weighted by Crippen LogP contribution is -2.47. The number of carboxylic acid groups (broad SMARTS) is 1. The highest BCUT2D eigenvalue weighted by atomic mass is 16.4. The fourth-order valence-electron chi connectivity index (χ4n) is 4.91. The van der Waals surface area contributed by atoms with Gasteiger partial charge >= 0.3 is 5.97 Å². The van der Waals surface area contributed by atoms with Crippen LogP contribution in [0, 0.1) is 11.3 Å². The van der Waals surface area contributed by atoms with Gasteiger partial charge in [-0.05, 0) is 43.4 Å². The summed E-state index contributed by atoms with van der Waals surface area (Å²) in [4.78, 5) is 30.1. The zero-order valence-electron chi connectivity index (χ0n) is 19.3. The van der Waals surface area contributed by atoms with Crippen molar-refractivity contribution in [1.29, 1.82) is 5.41 Å². The fourth-order valence-corrected chi connectivity index (χ4v) is 4.91. The number of carbonyl (C=O) groups is 1. The van der Waals surface area contributed by atoms with E-state index in [0.717, 1.165) is 36.7 Å². The monoisotopic (exact) mass is 461 g/mol. The van der Waals surface area contributed by atoms with E-state index < -0.39 is 12.0 Å². The molecule has 1 aromatic heterocycles. The molecule has 2 aromatic carbocycles. The molecule has 2 heterocycles. The molecule has 1 fully saturated rings. The number of para-hydroxylation sites is 2. The Morgan fingerprint density at radius 3 is 2.74 bits per heavy atom. The summed E-state index contributed by atoms with van der Waals surface area (Å²) in [6, 6.07) is 14.1. The second kappa shape index (κ2) is 10.2. The van der Waals surface area contributed by atoms with E-state index in [1.165, 1.54) is 0 Å². The summed E-state index contributed by atoms with van der Waals surface area (Å²) in [5, 5.41) is 20.3. The van der Waals surface area contributed by atoms with Crippen LogP contribution in [0.5, 0.6) is 0 Å². The van der Waals surface area contributed by atoms with Gasteiger partial charge in [0, 0.05) is 23.7 Å². The molecule has 1 aliphatic rings. The molecule has 178 valence electrons. The number of unbranched alkanes of at least 4 members (excludes halogenated alkanes) is 1. The normalized spacial score (nSPS) is 19.1. The van der Waals surface area contributed by atoms with Crippen molar-refractivity contribution >= 4 is 22.8 Å². The van der Waals surface area contributed by atoms with Crippen molar-refractivity contribution in [3.05, 3.63) is 64.4 Å². The minimum Gasteiger partial charge on any atom is -0.480 e. The van der Waals surface area contributed by atoms with Crippen LogP contribution in [0.3, 0.4) is 0 Å². The molecule has 0 bridgehead atoms. The molecular weight excluding hydrogens is 430 g/mol. The van der Waals surface area contributed by atoms with Gasteiger partial charge in [0.1, 0.15) is 17.6 Å². The van der Waals surface area contributed by atoms with E-state index in [1.54, 1.807) is 18.2 Å². The molecule has 3 atom stereocenters. The maximum atomic E-state index is 14.0. The number of aromatic nitrogens is 2.